The Morgan fingerprint density at radius 2 is 2.28 bits per heavy atom. The van der Waals surface area contributed by atoms with E-state index in [-0.39, 0.29) is 16.7 Å². The zero-order valence-corrected chi connectivity index (χ0v) is 12.1. The lowest BCUT2D eigenvalue weighted by Crippen LogP contribution is -2.13. The molecule has 1 aromatic heterocycles. The molecule has 0 unspecified atom stereocenters. The molecular weight excluding hydrogens is 295 g/mol. The van der Waals surface area contributed by atoms with Crippen molar-refractivity contribution < 1.29 is 9.53 Å². The van der Waals surface area contributed by atoms with Gasteiger partial charge in [0.25, 0.3) is 0 Å². The van der Waals surface area contributed by atoms with E-state index in [0.29, 0.717) is 16.5 Å². The maximum Gasteiger partial charge on any atom is 0.306 e. The normalized spacial score (nSPS) is 16.4. The Labute approximate surface area is 119 Å². The zero-order valence-electron chi connectivity index (χ0n) is 9.78. The lowest BCUT2D eigenvalue weighted by Gasteiger charge is -2.12. The summed E-state index contributed by atoms with van der Waals surface area (Å²) in [5.41, 5.74) is 0.0402. The highest BCUT2D eigenvalue weighted by molar-refractivity contribution is 7.99. The first kappa shape index (κ1) is 13.9. The Bertz CT molecular complexity index is 466. The number of hydrogen-bond donors (Lipinski definition) is 0. The Kier molecular flexibility index (Phi) is 4.35. The van der Waals surface area contributed by atoms with E-state index in [0.717, 1.165) is 18.6 Å². The summed E-state index contributed by atoms with van der Waals surface area (Å²) in [7, 11) is 1.41. The molecule has 0 amide bonds. The van der Waals surface area contributed by atoms with Gasteiger partial charge in [0.2, 0.25) is 5.28 Å². The van der Waals surface area contributed by atoms with E-state index in [9.17, 15) is 4.79 Å². The Balaban J connectivity index is 1.95. The van der Waals surface area contributed by atoms with Crippen LogP contribution in [-0.4, -0.2) is 28.8 Å². The van der Waals surface area contributed by atoms with Crippen LogP contribution in [0.5, 0.6) is 0 Å². The highest BCUT2D eigenvalue weighted by Gasteiger charge is 2.44. The fourth-order valence-corrected chi connectivity index (χ4v) is 3.19. The molecule has 0 radical (unpaired) electrons. The molecule has 0 saturated heterocycles. The van der Waals surface area contributed by atoms with Gasteiger partial charge in [-0.15, -0.1) is 11.8 Å². The molecule has 7 heteroatoms. The third-order valence-corrected chi connectivity index (χ3v) is 4.81. The summed E-state index contributed by atoms with van der Waals surface area (Å²) in [6.45, 7) is 0. The molecule has 0 N–H and O–H groups in total. The van der Waals surface area contributed by atoms with Crippen LogP contribution in [-0.2, 0) is 9.53 Å². The molecule has 0 spiro atoms. The van der Waals surface area contributed by atoms with E-state index in [1.807, 2.05) is 0 Å². The monoisotopic (exact) mass is 306 g/mol. The van der Waals surface area contributed by atoms with Crippen LogP contribution >= 0.6 is 35.0 Å². The van der Waals surface area contributed by atoms with E-state index in [4.69, 9.17) is 27.9 Å². The van der Waals surface area contributed by atoms with Gasteiger partial charge in [0.05, 0.1) is 24.8 Å². The highest BCUT2D eigenvalue weighted by Crippen LogP contribution is 2.52. The minimum absolute atomic E-state index is 0.0402. The van der Waals surface area contributed by atoms with Gasteiger partial charge in [-0.25, -0.2) is 9.97 Å². The fraction of sp³-hybridized carbons (Fsp3) is 0.545. The van der Waals surface area contributed by atoms with Crippen LogP contribution < -0.4 is 0 Å². The number of hydrogen-bond acceptors (Lipinski definition) is 5. The molecule has 1 fully saturated rings. The summed E-state index contributed by atoms with van der Waals surface area (Å²) in [6, 6.07) is 0. The van der Waals surface area contributed by atoms with Gasteiger partial charge in [-0.05, 0) is 29.9 Å². The smallest absolute Gasteiger partial charge is 0.306 e. The maximum absolute atomic E-state index is 11.3. The third-order valence-electron chi connectivity index (χ3n) is 2.90. The third kappa shape index (κ3) is 3.49. The first-order valence-electron chi connectivity index (χ1n) is 5.42. The van der Waals surface area contributed by atoms with Crippen LogP contribution in [0, 0.1) is 5.41 Å². The maximum atomic E-state index is 11.3. The number of thioether (sulfide) groups is 1. The van der Waals surface area contributed by atoms with E-state index in [2.05, 4.69) is 9.97 Å². The molecule has 4 nitrogen and oxygen atoms in total. The van der Waals surface area contributed by atoms with Gasteiger partial charge in [-0.2, -0.15) is 0 Å². The van der Waals surface area contributed by atoms with Crippen LogP contribution in [0.2, 0.25) is 10.3 Å². The second kappa shape index (κ2) is 5.63. The van der Waals surface area contributed by atoms with Gasteiger partial charge in [-0.3, -0.25) is 4.79 Å². The summed E-state index contributed by atoms with van der Waals surface area (Å²) in [5, 5.41) is 1.32. The first-order chi connectivity index (χ1) is 8.54. The average Bonchev–Trinajstić information content (AvgIpc) is 3.10. The number of esters is 1. The molecule has 1 heterocycles. The SMILES string of the molecule is COC(=O)CC1(CSc2nc(Cl)ncc2Cl)CC1. The van der Waals surface area contributed by atoms with Crippen molar-refractivity contribution in [2.24, 2.45) is 5.41 Å². The molecule has 1 aliphatic carbocycles. The zero-order chi connectivity index (χ0) is 13.2. The molecule has 0 aliphatic heterocycles. The summed E-state index contributed by atoms with van der Waals surface area (Å²) in [6.07, 6.45) is 4.00. The minimum Gasteiger partial charge on any atom is -0.469 e. The second-order valence-electron chi connectivity index (χ2n) is 4.33. The average molecular weight is 307 g/mol. The van der Waals surface area contributed by atoms with Gasteiger partial charge in [0, 0.05) is 5.75 Å². The Morgan fingerprint density at radius 3 is 2.89 bits per heavy atom. The number of carbonyl (C=O) groups is 1. The van der Waals surface area contributed by atoms with Gasteiger partial charge in [-0.1, -0.05) is 11.6 Å². The molecular formula is C11H12Cl2N2O2S. The Hall–Kier alpha value is -0.520. The fourth-order valence-electron chi connectivity index (χ4n) is 1.58. The van der Waals surface area contributed by atoms with Crippen molar-refractivity contribution in [3.8, 4) is 0 Å². The topological polar surface area (TPSA) is 52.1 Å². The predicted molar refractivity (Wildman–Crippen MR) is 71.1 cm³/mol. The lowest BCUT2D eigenvalue weighted by molar-refractivity contribution is -0.141. The van der Waals surface area contributed by atoms with E-state index < -0.39 is 0 Å². The number of ether oxygens (including phenoxy) is 1. The quantitative estimate of drug-likeness (QED) is 0.362. The molecule has 2 rings (SSSR count). The summed E-state index contributed by atoms with van der Waals surface area (Å²) >= 11 is 13.2. The second-order valence-corrected chi connectivity index (χ2v) is 6.04. The van der Waals surface area contributed by atoms with Crippen molar-refractivity contribution in [2.75, 3.05) is 12.9 Å². The van der Waals surface area contributed by atoms with Gasteiger partial charge in [0.15, 0.2) is 0 Å². The van der Waals surface area contributed by atoms with Crippen molar-refractivity contribution in [1.29, 1.82) is 0 Å². The number of halogens is 2. The number of carbonyl (C=O) groups excluding carboxylic acids is 1. The van der Waals surface area contributed by atoms with Crippen molar-refractivity contribution in [3.63, 3.8) is 0 Å². The van der Waals surface area contributed by atoms with Crippen LogP contribution in [0.1, 0.15) is 19.3 Å². The molecule has 1 aliphatic rings. The summed E-state index contributed by atoms with van der Waals surface area (Å²) < 4.78 is 4.70. The van der Waals surface area contributed by atoms with Crippen LogP contribution in [0.25, 0.3) is 0 Å². The largest absolute Gasteiger partial charge is 0.469 e. The molecule has 18 heavy (non-hydrogen) atoms. The number of nitrogens with zero attached hydrogens (tertiary/aromatic N) is 2. The van der Waals surface area contributed by atoms with E-state index in [1.165, 1.54) is 25.1 Å². The number of methoxy groups -OCH3 is 1. The minimum atomic E-state index is -0.167. The predicted octanol–water partition coefficient (Wildman–Crippen LogP) is 3.22. The molecule has 0 bridgehead atoms. The molecule has 0 aromatic carbocycles. The highest BCUT2D eigenvalue weighted by atomic mass is 35.5. The number of aromatic nitrogens is 2. The first-order valence-corrected chi connectivity index (χ1v) is 7.16. The summed E-state index contributed by atoms with van der Waals surface area (Å²) in [4.78, 5) is 19.2. The van der Waals surface area contributed by atoms with Crippen LogP contribution in [0.15, 0.2) is 11.2 Å². The van der Waals surface area contributed by atoms with Gasteiger partial charge in [0.1, 0.15) is 5.03 Å². The van der Waals surface area contributed by atoms with Gasteiger partial charge < -0.3 is 4.74 Å². The van der Waals surface area contributed by atoms with Crippen LogP contribution in [0.4, 0.5) is 0 Å². The molecule has 1 aromatic rings. The lowest BCUT2D eigenvalue weighted by atomic mass is 10.1. The molecule has 1 saturated carbocycles. The standard InChI is InChI=1S/C11H12Cl2N2O2S/c1-17-8(16)4-11(2-3-11)6-18-9-7(12)5-14-10(13)15-9/h5H,2-4,6H2,1H3. The van der Waals surface area contributed by atoms with E-state index >= 15 is 0 Å². The van der Waals surface area contributed by atoms with Crippen molar-refractivity contribution >= 4 is 40.9 Å². The van der Waals surface area contributed by atoms with Gasteiger partial charge >= 0.3 is 5.97 Å². The molecule has 0 atom stereocenters. The summed E-state index contributed by atoms with van der Waals surface area (Å²) in [5.74, 6) is 0.620. The van der Waals surface area contributed by atoms with Crippen molar-refractivity contribution in [3.05, 3.63) is 16.5 Å². The number of rotatable bonds is 5. The molecule has 98 valence electrons. The van der Waals surface area contributed by atoms with Crippen molar-refractivity contribution in [1.82, 2.24) is 9.97 Å². The Morgan fingerprint density at radius 1 is 1.56 bits per heavy atom. The van der Waals surface area contributed by atoms with Crippen molar-refractivity contribution in [2.45, 2.75) is 24.3 Å². The van der Waals surface area contributed by atoms with E-state index in [1.54, 1.807) is 0 Å². The van der Waals surface area contributed by atoms with Crippen LogP contribution in [0.3, 0.4) is 0 Å².